The number of fused-ring (bicyclic) bond motifs is 1. The van der Waals surface area contributed by atoms with E-state index in [-0.39, 0.29) is 42.7 Å². The predicted octanol–water partition coefficient (Wildman–Crippen LogP) is 5.17. The number of amides is 1. The summed E-state index contributed by atoms with van der Waals surface area (Å²) < 4.78 is 0. The van der Waals surface area contributed by atoms with E-state index in [1.165, 1.54) is 17.5 Å². The first-order valence-corrected chi connectivity index (χ1v) is 9.90. The third-order valence-electron chi connectivity index (χ3n) is 5.47. The molecule has 2 aromatic rings. The molecule has 1 heterocycles. The quantitative estimate of drug-likeness (QED) is 0.627. The lowest BCUT2D eigenvalue weighted by Gasteiger charge is -2.21. The zero-order valence-corrected chi connectivity index (χ0v) is 19.1. The van der Waals surface area contributed by atoms with Crippen LogP contribution in [0.5, 0.6) is 0 Å². The summed E-state index contributed by atoms with van der Waals surface area (Å²) in [6.45, 7) is 9.36. The first kappa shape index (κ1) is 25.4. The number of carbonyl (C=O) groups is 1. The van der Waals surface area contributed by atoms with Crippen molar-refractivity contribution >= 4 is 36.4 Å². The maximum Gasteiger partial charge on any atom is 0.229 e. The van der Waals surface area contributed by atoms with Crippen molar-refractivity contribution in [1.29, 1.82) is 0 Å². The number of hydrogen-bond donors (Lipinski definition) is 2. The van der Waals surface area contributed by atoms with E-state index in [9.17, 15) is 4.79 Å². The lowest BCUT2D eigenvalue weighted by molar-refractivity contribution is -0.120. The second-order valence-electron chi connectivity index (χ2n) is 8.05. The third kappa shape index (κ3) is 6.45. The van der Waals surface area contributed by atoms with Crippen molar-refractivity contribution in [2.45, 2.75) is 46.3 Å². The first-order chi connectivity index (χ1) is 13.0. The summed E-state index contributed by atoms with van der Waals surface area (Å²) >= 11 is 0. The summed E-state index contributed by atoms with van der Waals surface area (Å²) in [4.78, 5) is 15.3. The minimum atomic E-state index is -0.314. The fraction of sp³-hybridized carbons (Fsp3) is 0.435. The highest BCUT2D eigenvalue weighted by Gasteiger charge is 2.25. The summed E-state index contributed by atoms with van der Waals surface area (Å²) in [5, 5.41) is 3.13. The number of nitrogens with two attached hydrogens (primary N) is 1. The Bertz CT molecular complexity index is 783. The van der Waals surface area contributed by atoms with Crippen LogP contribution in [0.15, 0.2) is 48.5 Å². The van der Waals surface area contributed by atoms with Gasteiger partial charge in [-0.3, -0.25) is 9.69 Å². The van der Waals surface area contributed by atoms with Crippen LogP contribution >= 0.6 is 24.8 Å². The fourth-order valence-corrected chi connectivity index (χ4v) is 3.58. The van der Waals surface area contributed by atoms with Gasteiger partial charge in [0.2, 0.25) is 5.91 Å². The molecule has 160 valence electrons. The van der Waals surface area contributed by atoms with Crippen molar-refractivity contribution in [2.24, 2.45) is 17.6 Å². The molecule has 0 aromatic heterocycles. The zero-order chi connectivity index (χ0) is 19.4. The molecule has 2 atom stereocenters. The molecule has 6 heteroatoms. The average molecular weight is 438 g/mol. The molecule has 3 N–H and O–H groups in total. The van der Waals surface area contributed by atoms with Gasteiger partial charge in [0, 0.05) is 24.8 Å². The Labute approximate surface area is 187 Å². The number of rotatable bonds is 7. The molecule has 2 unspecified atom stereocenters. The maximum absolute atomic E-state index is 12.8. The van der Waals surface area contributed by atoms with E-state index in [1.54, 1.807) is 0 Å². The Kier molecular flexibility index (Phi) is 10.1. The monoisotopic (exact) mass is 437 g/mol. The molecule has 29 heavy (non-hydrogen) atoms. The highest BCUT2D eigenvalue weighted by molar-refractivity contribution is 5.93. The molecule has 4 nitrogen and oxygen atoms in total. The Morgan fingerprint density at radius 1 is 1.03 bits per heavy atom. The van der Waals surface area contributed by atoms with Crippen LogP contribution < -0.4 is 11.1 Å². The van der Waals surface area contributed by atoms with Gasteiger partial charge in [-0.2, -0.15) is 0 Å². The van der Waals surface area contributed by atoms with Crippen molar-refractivity contribution in [3.63, 3.8) is 0 Å². The van der Waals surface area contributed by atoms with Crippen LogP contribution in [0.1, 0.15) is 49.9 Å². The number of carbonyl (C=O) groups excluding carboxylic acids is 1. The number of halogens is 2. The van der Waals surface area contributed by atoms with Crippen LogP contribution in [-0.2, 0) is 17.9 Å². The lowest BCUT2D eigenvalue weighted by Crippen LogP contribution is -2.30. The van der Waals surface area contributed by atoms with E-state index in [0.717, 1.165) is 30.9 Å². The maximum atomic E-state index is 12.8. The van der Waals surface area contributed by atoms with Crippen molar-refractivity contribution in [3.05, 3.63) is 65.2 Å². The van der Waals surface area contributed by atoms with Crippen LogP contribution in [0, 0.1) is 11.8 Å². The van der Waals surface area contributed by atoms with Gasteiger partial charge in [0.05, 0.1) is 5.92 Å². The van der Waals surface area contributed by atoms with Crippen molar-refractivity contribution < 1.29 is 4.79 Å². The van der Waals surface area contributed by atoms with Crippen LogP contribution in [0.2, 0.25) is 0 Å². The molecule has 2 aromatic carbocycles. The lowest BCUT2D eigenvalue weighted by atomic mass is 9.94. The smallest absolute Gasteiger partial charge is 0.229 e. The van der Waals surface area contributed by atoms with Crippen LogP contribution in [0.4, 0.5) is 5.69 Å². The van der Waals surface area contributed by atoms with E-state index in [2.05, 4.69) is 30.1 Å². The van der Waals surface area contributed by atoms with E-state index >= 15 is 0 Å². The van der Waals surface area contributed by atoms with E-state index in [0.29, 0.717) is 5.92 Å². The molecule has 0 fully saturated rings. The second-order valence-corrected chi connectivity index (χ2v) is 8.05. The molecule has 0 aliphatic carbocycles. The van der Waals surface area contributed by atoms with Crippen LogP contribution in [0.25, 0.3) is 0 Å². The molecule has 3 rings (SSSR count). The van der Waals surface area contributed by atoms with Crippen molar-refractivity contribution in [1.82, 2.24) is 4.90 Å². The summed E-state index contributed by atoms with van der Waals surface area (Å²) in [6.07, 6.45) is 1.19. The summed E-state index contributed by atoms with van der Waals surface area (Å²) in [7, 11) is 0. The van der Waals surface area contributed by atoms with Crippen molar-refractivity contribution in [3.8, 4) is 0 Å². The number of benzene rings is 2. The highest BCUT2D eigenvalue weighted by Crippen LogP contribution is 2.30. The molecule has 0 spiro atoms. The molecular formula is C23H33Cl2N3O. The van der Waals surface area contributed by atoms with E-state index < -0.39 is 0 Å². The van der Waals surface area contributed by atoms with Gasteiger partial charge in [0.25, 0.3) is 0 Å². The Hall–Kier alpha value is -1.59. The number of anilines is 1. The number of hydrogen-bond acceptors (Lipinski definition) is 3. The van der Waals surface area contributed by atoms with Crippen molar-refractivity contribution in [2.75, 3.05) is 11.9 Å². The van der Waals surface area contributed by atoms with Crippen LogP contribution in [-0.4, -0.2) is 17.4 Å². The van der Waals surface area contributed by atoms with Gasteiger partial charge in [-0.25, -0.2) is 0 Å². The second kappa shape index (κ2) is 11.6. The van der Waals surface area contributed by atoms with E-state index in [4.69, 9.17) is 5.73 Å². The van der Waals surface area contributed by atoms with Gasteiger partial charge < -0.3 is 11.1 Å². The molecule has 0 bridgehead atoms. The first-order valence-electron chi connectivity index (χ1n) is 9.90. The number of nitrogens with zero attached hydrogens (tertiary/aromatic N) is 1. The summed E-state index contributed by atoms with van der Waals surface area (Å²) in [6, 6.07) is 15.7. The molecule has 0 saturated heterocycles. The normalized spacial score (nSPS) is 15.1. The Balaban J connectivity index is 0.00000210. The number of nitrogens with one attached hydrogen (secondary N) is 1. The molecule has 0 saturated carbocycles. The summed E-state index contributed by atoms with van der Waals surface area (Å²) in [5.41, 5.74) is 10.8. The molecule has 0 radical (unpaired) electrons. The molecule has 1 aliphatic heterocycles. The Morgan fingerprint density at radius 3 is 2.38 bits per heavy atom. The molecular weight excluding hydrogens is 405 g/mol. The standard InChI is InChI=1S/C23H31N3O.2ClH/c1-16(2)12-13-26-14-19-10-7-11-21(20(19)15-26)25-23(27)17(3)22(24)18-8-5-4-6-9-18;;/h4-11,16-17,22H,12-15,24H2,1-3H3,(H,25,27);2*1H. The van der Waals surface area contributed by atoms with Crippen LogP contribution in [0.3, 0.4) is 0 Å². The average Bonchev–Trinajstić information content (AvgIpc) is 3.10. The minimum Gasteiger partial charge on any atom is -0.325 e. The fourth-order valence-electron chi connectivity index (χ4n) is 3.58. The van der Waals surface area contributed by atoms with E-state index in [1.807, 2.05) is 49.4 Å². The van der Waals surface area contributed by atoms with Gasteiger partial charge in [0.15, 0.2) is 0 Å². The minimum absolute atomic E-state index is 0. The third-order valence-corrected chi connectivity index (χ3v) is 5.47. The van der Waals surface area contributed by atoms with Gasteiger partial charge in [-0.1, -0.05) is 63.2 Å². The summed E-state index contributed by atoms with van der Waals surface area (Å²) in [5.74, 6) is 0.371. The topological polar surface area (TPSA) is 58.4 Å². The van der Waals surface area contributed by atoms with Gasteiger partial charge in [-0.15, -0.1) is 24.8 Å². The van der Waals surface area contributed by atoms with Gasteiger partial charge in [0.1, 0.15) is 0 Å². The SMILES string of the molecule is CC(C)CCN1Cc2cccc(NC(=O)C(C)C(N)c3ccccc3)c2C1.Cl.Cl. The Morgan fingerprint density at radius 2 is 1.72 bits per heavy atom. The predicted molar refractivity (Wildman–Crippen MR) is 126 cm³/mol. The highest BCUT2D eigenvalue weighted by atomic mass is 35.5. The largest absolute Gasteiger partial charge is 0.325 e. The van der Waals surface area contributed by atoms with Gasteiger partial charge in [-0.05, 0) is 41.6 Å². The zero-order valence-electron chi connectivity index (χ0n) is 17.4. The molecule has 1 amide bonds. The molecule has 1 aliphatic rings. The van der Waals surface area contributed by atoms with Gasteiger partial charge >= 0.3 is 0 Å².